The fraction of sp³-hybridized carbons (Fsp3) is 0.368. The summed E-state index contributed by atoms with van der Waals surface area (Å²) in [7, 11) is 4.11. The summed E-state index contributed by atoms with van der Waals surface area (Å²) >= 11 is 0. The minimum absolute atomic E-state index is 0.458. The van der Waals surface area contributed by atoms with Crippen LogP contribution in [-0.2, 0) is 6.42 Å². The molecule has 1 aliphatic rings. The predicted octanol–water partition coefficient (Wildman–Crippen LogP) is 2.36. The number of anilines is 2. The van der Waals surface area contributed by atoms with E-state index in [4.69, 9.17) is 9.97 Å². The summed E-state index contributed by atoms with van der Waals surface area (Å²) in [6.45, 7) is 2.90. The smallest absolute Gasteiger partial charge is 0.228 e. The van der Waals surface area contributed by atoms with E-state index in [0.29, 0.717) is 6.04 Å². The molecule has 1 aromatic carbocycles. The number of likely N-dealkylation sites (N-methyl/N-ethyl adjacent to an activating group) is 1. The van der Waals surface area contributed by atoms with E-state index in [9.17, 15) is 0 Å². The van der Waals surface area contributed by atoms with Crippen molar-refractivity contribution in [2.75, 3.05) is 43.9 Å². The number of hydrogen-bond acceptors (Lipinski definition) is 5. The van der Waals surface area contributed by atoms with Gasteiger partial charge in [-0.15, -0.1) is 0 Å². The first kappa shape index (κ1) is 15.9. The predicted molar refractivity (Wildman–Crippen MR) is 102 cm³/mol. The number of aromatic amines is 1. The zero-order valence-corrected chi connectivity index (χ0v) is 14.7. The Labute approximate surface area is 147 Å². The van der Waals surface area contributed by atoms with Crippen LogP contribution < -0.4 is 10.2 Å². The Bertz CT molecular complexity index is 844. The monoisotopic (exact) mass is 336 g/mol. The largest absolute Gasteiger partial charge is 0.371 e. The Morgan fingerprint density at radius 1 is 1.16 bits per heavy atom. The molecule has 1 aliphatic heterocycles. The Kier molecular flexibility index (Phi) is 4.28. The molecule has 0 bridgehead atoms. The van der Waals surface area contributed by atoms with E-state index in [0.717, 1.165) is 48.9 Å². The Morgan fingerprint density at radius 3 is 2.80 bits per heavy atom. The van der Waals surface area contributed by atoms with E-state index in [2.05, 4.69) is 57.5 Å². The highest BCUT2D eigenvalue weighted by molar-refractivity contribution is 5.86. The molecule has 2 aromatic heterocycles. The van der Waals surface area contributed by atoms with Crippen LogP contribution in [0.15, 0.2) is 42.6 Å². The molecule has 6 heteroatoms. The van der Waals surface area contributed by atoms with Crippen LogP contribution in [-0.4, -0.2) is 59.6 Å². The van der Waals surface area contributed by atoms with Crippen LogP contribution in [0.1, 0.15) is 5.56 Å². The fourth-order valence-corrected chi connectivity index (χ4v) is 3.49. The van der Waals surface area contributed by atoms with Crippen LogP contribution in [0.2, 0.25) is 0 Å². The molecule has 3 aromatic rings. The average Bonchev–Trinajstić information content (AvgIpc) is 3.12. The second-order valence-electron chi connectivity index (χ2n) is 6.63. The van der Waals surface area contributed by atoms with Crippen molar-refractivity contribution in [3.8, 4) is 0 Å². The number of H-pyrrole nitrogens is 1. The number of hydrogen-bond donors (Lipinski definition) is 2. The third-order valence-electron chi connectivity index (χ3n) is 5.00. The van der Waals surface area contributed by atoms with Crippen molar-refractivity contribution in [1.29, 1.82) is 0 Å². The van der Waals surface area contributed by atoms with Crippen LogP contribution in [0.4, 0.5) is 11.8 Å². The van der Waals surface area contributed by atoms with E-state index < -0.39 is 0 Å². The summed E-state index contributed by atoms with van der Waals surface area (Å²) < 4.78 is 0. The summed E-state index contributed by atoms with van der Waals surface area (Å²) in [4.78, 5) is 17.4. The molecule has 3 heterocycles. The number of nitrogens with zero attached hydrogens (tertiary/aromatic N) is 4. The van der Waals surface area contributed by atoms with E-state index >= 15 is 0 Å². The molecule has 0 saturated carbocycles. The van der Waals surface area contributed by atoms with Crippen molar-refractivity contribution in [3.05, 3.63) is 48.2 Å². The first-order chi connectivity index (χ1) is 12.2. The standard InChI is InChI=1S/C19H24N6/c1-20-18-17-16(8-9-21-17)22-19(23-18)25-11-10-24(2)15(13-25)12-14-6-4-3-5-7-14/h3-9,15,21H,10-13H2,1-2H3,(H,20,22,23). The third kappa shape index (κ3) is 3.17. The number of rotatable bonds is 4. The summed E-state index contributed by atoms with van der Waals surface area (Å²) in [6, 6.07) is 13.1. The first-order valence-electron chi connectivity index (χ1n) is 8.76. The fourth-order valence-electron chi connectivity index (χ4n) is 3.49. The van der Waals surface area contributed by atoms with Gasteiger partial charge in [0.25, 0.3) is 0 Å². The van der Waals surface area contributed by atoms with Crippen LogP contribution in [0.3, 0.4) is 0 Å². The minimum atomic E-state index is 0.458. The molecule has 2 N–H and O–H groups in total. The van der Waals surface area contributed by atoms with Gasteiger partial charge in [0.2, 0.25) is 5.95 Å². The number of aromatic nitrogens is 3. The highest BCUT2D eigenvalue weighted by Crippen LogP contribution is 2.24. The molecule has 0 radical (unpaired) electrons. The van der Waals surface area contributed by atoms with Gasteiger partial charge in [-0.25, -0.2) is 4.98 Å². The highest BCUT2D eigenvalue weighted by Gasteiger charge is 2.26. The number of fused-ring (bicyclic) bond motifs is 1. The maximum Gasteiger partial charge on any atom is 0.228 e. The molecule has 0 spiro atoms. The van der Waals surface area contributed by atoms with Gasteiger partial charge in [0, 0.05) is 38.9 Å². The number of benzene rings is 1. The van der Waals surface area contributed by atoms with E-state index in [1.807, 2.05) is 19.3 Å². The zero-order chi connectivity index (χ0) is 17.2. The molecule has 0 amide bonds. The van der Waals surface area contributed by atoms with Gasteiger partial charge in [0.1, 0.15) is 5.52 Å². The molecule has 1 saturated heterocycles. The van der Waals surface area contributed by atoms with Gasteiger partial charge in [0.05, 0.1) is 5.52 Å². The van der Waals surface area contributed by atoms with Crippen LogP contribution in [0.25, 0.3) is 11.0 Å². The van der Waals surface area contributed by atoms with Crippen molar-refractivity contribution in [1.82, 2.24) is 19.9 Å². The summed E-state index contributed by atoms with van der Waals surface area (Å²) in [5.74, 6) is 1.66. The first-order valence-corrected chi connectivity index (χ1v) is 8.76. The van der Waals surface area contributed by atoms with Crippen molar-refractivity contribution in [2.45, 2.75) is 12.5 Å². The quantitative estimate of drug-likeness (QED) is 0.766. The van der Waals surface area contributed by atoms with Gasteiger partial charge in [0.15, 0.2) is 5.82 Å². The molecular weight excluding hydrogens is 312 g/mol. The lowest BCUT2D eigenvalue weighted by Gasteiger charge is -2.39. The van der Waals surface area contributed by atoms with Crippen LogP contribution >= 0.6 is 0 Å². The number of piperazine rings is 1. The van der Waals surface area contributed by atoms with Gasteiger partial charge in [-0.3, -0.25) is 4.90 Å². The summed E-state index contributed by atoms with van der Waals surface area (Å²) in [5, 5.41) is 3.18. The zero-order valence-electron chi connectivity index (χ0n) is 14.7. The minimum Gasteiger partial charge on any atom is -0.371 e. The van der Waals surface area contributed by atoms with Gasteiger partial charge in [-0.1, -0.05) is 30.3 Å². The van der Waals surface area contributed by atoms with Crippen molar-refractivity contribution in [2.24, 2.45) is 0 Å². The third-order valence-corrected chi connectivity index (χ3v) is 5.00. The van der Waals surface area contributed by atoms with E-state index in [1.54, 1.807) is 0 Å². The molecule has 6 nitrogen and oxygen atoms in total. The normalized spacial score (nSPS) is 18.6. The molecule has 1 fully saturated rings. The molecule has 1 unspecified atom stereocenters. The maximum atomic E-state index is 4.76. The Morgan fingerprint density at radius 2 is 2.00 bits per heavy atom. The lowest BCUT2D eigenvalue weighted by molar-refractivity contribution is 0.216. The molecule has 4 rings (SSSR count). The SMILES string of the molecule is CNc1nc(N2CCN(C)C(Cc3ccccc3)C2)nc2cc[nH]c12. The lowest BCUT2D eigenvalue weighted by atomic mass is 10.0. The van der Waals surface area contributed by atoms with Crippen molar-refractivity contribution < 1.29 is 0 Å². The lowest BCUT2D eigenvalue weighted by Crippen LogP contribution is -2.52. The molecular formula is C19H24N6. The Balaban J connectivity index is 1.58. The Hall–Kier alpha value is -2.60. The van der Waals surface area contributed by atoms with Crippen LogP contribution in [0.5, 0.6) is 0 Å². The summed E-state index contributed by atoms with van der Waals surface area (Å²) in [5.41, 5.74) is 3.29. The van der Waals surface area contributed by atoms with Gasteiger partial charge >= 0.3 is 0 Å². The van der Waals surface area contributed by atoms with Gasteiger partial charge in [-0.2, -0.15) is 4.98 Å². The molecule has 1 atom stereocenters. The molecule has 130 valence electrons. The second kappa shape index (κ2) is 6.72. The van der Waals surface area contributed by atoms with Gasteiger partial charge < -0.3 is 15.2 Å². The number of nitrogens with one attached hydrogen (secondary N) is 2. The average molecular weight is 336 g/mol. The van der Waals surface area contributed by atoms with E-state index in [1.165, 1.54) is 5.56 Å². The second-order valence-corrected chi connectivity index (χ2v) is 6.63. The van der Waals surface area contributed by atoms with Crippen molar-refractivity contribution >= 4 is 22.8 Å². The van der Waals surface area contributed by atoms with Gasteiger partial charge in [-0.05, 0) is 25.1 Å². The van der Waals surface area contributed by atoms with Crippen molar-refractivity contribution in [3.63, 3.8) is 0 Å². The molecule has 25 heavy (non-hydrogen) atoms. The topological polar surface area (TPSA) is 60.1 Å². The molecule has 0 aliphatic carbocycles. The summed E-state index contributed by atoms with van der Waals surface area (Å²) in [6.07, 6.45) is 2.95. The maximum absolute atomic E-state index is 4.76. The van der Waals surface area contributed by atoms with Crippen LogP contribution in [0, 0.1) is 0 Å². The van der Waals surface area contributed by atoms with E-state index in [-0.39, 0.29) is 0 Å². The highest BCUT2D eigenvalue weighted by atomic mass is 15.3.